The Morgan fingerprint density at radius 1 is 1.27 bits per heavy atom. The maximum Gasteiger partial charge on any atom is 0.417 e. The summed E-state index contributed by atoms with van der Waals surface area (Å²) in [5.41, 5.74) is 5.85. The Bertz CT molecular complexity index is 310. The van der Waals surface area contributed by atoms with Crippen molar-refractivity contribution in [1.82, 2.24) is 0 Å². The molecule has 0 bridgehead atoms. The monoisotopic (exact) mass is 221 g/mol. The Hall–Kier alpha value is -1.43. The molecule has 0 heterocycles. The van der Waals surface area contributed by atoms with Gasteiger partial charge in [0.15, 0.2) is 6.10 Å². The van der Waals surface area contributed by atoms with Crippen LogP contribution < -0.4 is 10.5 Å². The zero-order valence-electron chi connectivity index (χ0n) is 7.66. The molecule has 0 saturated carbocycles. The van der Waals surface area contributed by atoms with E-state index in [0.29, 0.717) is 5.69 Å². The third-order valence-corrected chi connectivity index (χ3v) is 1.67. The van der Waals surface area contributed by atoms with Gasteiger partial charge in [0.2, 0.25) is 0 Å². The van der Waals surface area contributed by atoms with Crippen LogP contribution in [-0.4, -0.2) is 24.0 Å². The largest absolute Gasteiger partial charge is 0.491 e. The lowest BCUT2D eigenvalue weighted by atomic mass is 10.3. The number of aliphatic hydroxyl groups excluding tert-OH is 1. The molecule has 3 nitrogen and oxygen atoms in total. The highest BCUT2D eigenvalue weighted by molar-refractivity contribution is 5.41. The predicted octanol–water partition coefficient (Wildman–Crippen LogP) is 1.57. The van der Waals surface area contributed by atoms with E-state index in [-0.39, 0.29) is 5.75 Å². The van der Waals surface area contributed by atoms with E-state index in [1.165, 1.54) is 24.3 Å². The summed E-state index contributed by atoms with van der Waals surface area (Å²) < 4.78 is 40.3. The fourth-order valence-electron chi connectivity index (χ4n) is 0.834. The van der Waals surface area contributed by atoms with Crippen LogP contribution in [0.1, 0.15) is 0 Å². The van der Waals surface area contributed by atoms with E-state index >= 15 is 0 Å². The number of hydrogen-bond donors (Lipinski definition) is 2. The lowest BCUT2D eigenvalue weighted by Gasteiger charge is -2.15. The topological polar surface area (TPSA) is 55.5 Å². The average molecular weight is 221 g/mol. The molecule has 6 heteroatoms. The number of nitrogens with two attached hydrogens (primary N) is 1. The first-order chi connectivity index (χ1) is 6.89. The number of benzene rings is 1. The van der Waals surface area contributed by atoms with Crippen molar-refractivity contribution in [3.05, 3.63) is 24.3 Å². The molecule has 0 aromatic heterocycles. The molecule has 1 rings (SSSR count). The summed E-state index contributed by atoms with van der Waals surface area (Å²) in [6.45, 7) is -0.826. The molecule has 1 aromatic carbocycles. The summed E-state index contributed by atoms with van der Waals surface area (Å²) in [5.74, 6) is 0.229. The van der Waals surface area contributed by atoms with E-state index in [2.05, 4.69) is 0 Å². The molecule has 1 atom stereocenters. The van der Waals surface area contributed by atoms with Crippen LogP contribution in [-0.2, 0) is 0 Å². The van der Waals surface area contributed by atoms with Gasteiger partial charge in [0.05, 0.1) is 0 Å². The molecule has 0 aliphatic carbocycles. The van der Waals surface area contributed by atoms with E-state index in [0.717, 1.165) is 0 Å². The summed E-state index contributed by atoms with van der Waals surface area (Å²) in [5, 5.41) is 8.63. The Morgan fingerprint density at radius 2 is 1.80 bits per heavy atom. The molecule has 15 heavy (non-hydrogen) atoms. The van der Waals surface area contributed by atoms with Crippen molar-refractivity contribution in [3.8, 4) is 5.75 Å². The molecule has 0 saturated heterocycles. The van der Waals surface area contributed by atoms with Gasteiger partial charge in [0.1, 0.15) is 12.4 Å². The second-order valence-corrected chi connectivity index (χ2v) is 2.94. The molecule has 0 aliphatic heterocycles. The molecule has 84 valence electrons. The number of aliphatic hydroxyl groups is 1. The number of hydrogen-bond acceptors (Lipinski definition) is 3. The molecular formula is C9H10F3NO2. The molecule has 0 radical (unpaired) electrons. The Labute approximate surface area is 84.3 Å². The molecule has 0 unspecified atom stereocenters. The van der Waals surface area contributed by atoms with Gasteiger partial charge in [-0.15, -0.1) is 0 Å². The standard InChI is InChI=1S/C9H10F3NO2/c10-9(11,12)8(14)5-15-7-3-1-6(13)2-4-7/h1-4,8,14H,5,13H2/t8-/m0/s1. The second-order valence-electron chi connectivity index (χ2n) is 2.94. The van der Waals surface area contributed by atoms with E-state index < -0.39 is 18.9 Å². The van der Waals surface area contributed by atoms with E-state index in [4.69, 9.17) is 15.6 Å². The van der Waals surface area contributed by atoms with Gasteiger partial charge >= 0.3 is 6.18 Å². The first-order valence-corrected chi connectivity index (χ1v) is 4.12. The maximum absolute atomic E-state index is 11.9. The summed E-state index contributed by atoms with van der Waals surface area (Å²) in [6.07, 6.45) is -7.14. The lowest BCUT2D eigenvalue weighted by Crippen LogP contribution is -2.34. The second kappa shape index (κ2) is 4.39. The van der Waals surface area contributed by atoms with Gasteiger partial charge in [0.25, 0.3) is 0 Å². The third kappa shape index (κ3) is 3.67. The molecule has 0 amide bonds. The fraction of sp³-hybridized carbons (Fsp3) is 0.333. The number of rotatable bonds is 3. The van der Waals surface area contributed by atoms with Crippen molar-refractivity contribution < 1.29 is 23.0 Å². The maximum atomic E-state index is 11.9. The minimum absolute atomic E-state index is 0.229. The minimum atomic E-state index is -4.66. The molecule has 1 aromatic rings. The lowest BCUT2D eigenvalue weighted by molar-refractivity contribution is -0.210. The van der Waals surface area contributed by atoms with Crippen LogP contribution in [0, 0.1) is 0 Å². The normalized spacial score (nSPS) is 13.6. The van der Waals surface area contributed by atoms with Gasteiger partial charge in [-0.05, 0) is 24.3 Å². The number of nitrogen functional groups attached to an aromatic ring is 1. The number of anilines is 1. The number of alkyl halides is 3. The van der Waals surface area contributed by atoms with E-state index in [1.54, 1.807) is 0 Å². The van der Waals surface area contributed by atoms with Crippen LogP contribution in [0.5, 0.6) is 5.75 Å². The quantitative estimate of drug-likeness (QED) is 0.762. The summed E-state index contributed by atoms with van der Waals surface area (Å²) in [6, 6.07) is 5.85. The number of ether oxygens (including phenoxy) is 1. The van der Waals surface area contributed by atoms with Gasteiger partial charge in [-0.3, -0.25) is 0 Å². The fourth-order valence-corrected chi connectivity index (χ4v) is 0.834. The van der Waals surface area contributed by atoms with Crippen LogP contribution in [0.25, 0.3) is 0 Å². The predicted molar refractivity (Wildman–Crippen MR) is 48.4 cm³/mol. The average Bonchev–Trinajstić information content (AvgIpc) is 2.15. The van der Waals surface area contributed by atoms with Crippen molar-refractivity contribution in [2.75, 3.05) is 12.3 Å². The van der Waals surface area contributed by atoms with Crippen molar-refractivity contribution >= 4 is 5.69 Å². The molecule has 0 fully saturated rings. The molecule has 0 spiro atoms. The highest BCUT2D eigenvalue weighted by Crippen LogP contribution is 2.21. The number of halogens is 3. The summed E-state index contributed by atoms with van der Waals surface area (Å²) >= 11 is 0. The first kappa shape index (κ1) is 11.6. The highest BCUT2D eigenvalue weighted by Gasteiger charge is 2.38. The van der Waals surface area contributed by atoms with E-state index in [9.17, 15) is 13.2 Å². The van der Waals surface area contributed by atoms with Gasteiger partial charge in [-0.2, -0.15) is 13.2 Å². The van der Waals surface area contributed by atoms with Crippen molar-refractivity contribution in [3.63, 3.8) is 0 Å². The Balaban J connectivity index is 2.47. The van der Waals surface area contributed by atoms with Crippen LogP contribution in [0.15, 0.2) is 24.3 Å². The third-order valence-electron chi connectivity index (χ3n) is 1.67. The van der Waals surface area contributed by atoms with Crippen LogP contribution in [0.3, 0.4) is 0 Å². The molecule has 3 N–H and O–H groups in total. The first-order valence-electron chi connectivity index (χ1n) is 4.12. The smallest absolute Gasteiger partial charge is 0.417 e. The van der Waals surface area contributed by atoms with Crippen LogP contribution in [0.4, 0.5) is 18.9 Å². The van der Waals surface area contributed by atoms with Crippen LogP contribution >= 0.6 is 0 Å². The Kier molecular flexibility index (Phi) is 3.41. The zero-order valence-corrected chi connectivity index (χ0v) is 7.66. The summed E-state index contributed by atoms with van der Waals surface area (Å²) in [4.78, 5) is 0. The van der Waals surface area contributed by atoms with Crippen LogP contribution in [0.2, 0.25) is 0 Å². The zero-order chi connectivity index (χ0) is 11.5. The highest BCUT2D eigenvalue weighted by atomic mass is 19.4. The SMILES string of the molecule is Nc1ccc(OC[C@H](O)C(F)(F)F)cc1. The van der Waals surface area contributed by atoms with Gasteiger partial charge in [-0.25, -0.2) is 0 Å². The van der Waals surface area contributed by atoms with E-state index in [1.807, 2.05) is 0 Å². The van der Waals surface area contributed by atoms with Gasteiger partial charge in [0, 0.05) is 5.69 Å². The molecule has 0 aliphatic rings. The van der Waals surface area contributed by atoms with Gasteiger partial charge in [-0.1, -0.05) is 0 Å². The minimum Gasteiger partial charge on any atom is -0.491 e. The van der Waals surface area contributed by atoms with Crippen molar-refractivity contribution in [1.29, 1.82) is 0 Å². The summed E-state index contributed by atoms with van der Waals surface area (Å²) in [7, 11) is 0. The Morgan fingerprint density at radius 3 is 2.27 bits per heavy atom. The molecular weight excluding hydrogens is 211 g/mol. The van der Waals surface area contributed by atoms with Crippen molar-refractivity contribution in [2.24, 2.45) is 0 Å². The van der Waals surface area contributed by atoms with Gasteiger partial charge < -0.3 is 15.6 Å². The van der Waals surface area contributed by atoms with Crippen molar-refractivity contribution in [2.45, 2.75) is 12.3 Å².